The van der Waals surface area contributed by atoms with Crippen LogP contribution in [0.15, 0.2) is 45.3 Å². The van der Waals surface area contributed by atoms with E-state index in [1.54, 1.807) is 0 Å². The van der Waals surface area contributed by atoms with Crippen LogP contribution in [0.4, 0.5) is 5.69 Å². The summed E-state index contributed by atoms with van der Waals surface area (Å²) in [6, 6.07) is 12.3. The maximum absolute atomic E-state index is 5.88. The molecule has 3 rings (SSSR count). The van der Waals surface area contributed by atoms with Crippen molar-refractivity contribution in [1.82, 2.24) is 4.98 Å². The predicted molar refractivity (Wildman–Crippen MR) is 85.2 cm³/mol. The van der Waals surface area contributed by atoms with E-state index in [-0.39, 0.29) is 0 Å². The van der Waals surface area contributed by atoms with Gasteiger partial charge in [0.1, 0.15) is 5.52 Å². The van der Waals surface area contributed by atoms with Gasteiger partial charge in [0, 0.05) is 23.6 Å². The van der Waals surface area contributed by atoms with Crippen LogP contribution in [-0.2, 0) is 6.42 Å². The van der Waals surface area contributed by atoms with Crippen molar-refractivity contribution in [2.75, 3.05) is 12.4 Å². The number of anilines is 1. The van der Waals surface area contributed by atoms with Crippen molar-refractivity contribution in [3.63, 3.8) is 0 Å². The number of hydrogen-bond donors (Lipinski definition) is 1. The molecule has 0 amide bonds. The van der Waals surface area contributed by atoms with Gasteiger partial charge in [-0.1, -0.05) is 28.1 Å². The van der Waals surface area contributed by atoms with Crippen LogP contribution in [0.25, 0.3) is 11.1 Å². The summed E-state index contributed by atoms with van der Waals surface area (Å²) < 4.78 is 6.96. The topological polar surface area (TPSA) is 38.1 Å². The van der Waals surface area contributed by atoms with Crippen LogP contribution in [0.2, 0.25) is 0 Å². The van der Waals surface area contributed by atoms with Gasteiger partial charge in [0.25, 0.3) is 0 Å². The third kappa shape index (κ3) is 2.56. The van der Waals surface area contributed by atoms with E-state index in [9.17, 15) is 0 Å². The predicted octanol–water partition coefficient (Wildman–Crippen LogP) is 4.53. The highest BCUT2D eigenvalue weighted by Crippen LogP contribution is 2.25. The van der Waals surface area contributed by atoms with E-state index in [1.165, 1.54) is 5.56 Å². The zero-order chi connectivity index (χ0) is 14.1. The molecule has 1 N–H and O–H groups in total. The second kappa shape index (κ2) is 5.29. The van der Waals surface area contributed by atoms with Crippen LogP contribution < -0.4 is 5.32 Å². The Kier molecular flexibility index (Phi) is 3.49. The Bertz CT molecular complexity index is 747. The van der Waals surface area contributed by atoms with Gasteiger partial charge in [-0.15, -0.1) is 0 Å². The molecular formula is C16H15BrN2O. The number of aryl methyl sites for hydroxylation is 1. The maximum Gasteiger partial charge on any atom is 0.199 e. The Morgan fingerprint density at radius 2 is 1.95 bits per heavy atom. The first-order valence-corrected chi connectivity index (χ1v) is 7.27. The fourth-order valence-electron chi connectivity index (χ4n) is 2.24. The molecule has 102 valence electrons. The molecule has 0 aliphatic heterocycles. The minimum absolute atomic E-state index is 0.705. The van der Waals surface area contributed by atoms with Crippen LogP contribution in [-0.4, -0.2) is 12.0 Å². The molecule has 0 aliphatic carbocycles. The number of nitrogens with zero attached hydrogens (tertiary/aromatic N) is 1. The number of rotatable bonds is 3. The first kappa shape index (κ1) is 13.2. The highest BCUT2D eigenvalue weighted by atomic mass is 79.9. The van der Waals surface area contributed by atoms with E-state index in [0.717, 1.165) is 32.7 Å². The van der Waals surface area contributed by atoms with Gasteiger partial charge < -0.3 is 9.73 Å². The summed E-state index contributed by atoms with van der Waals surface area (Å²) in [4.78, 5) is 4.58. The first-order chi connectivity index (χ1) is 9.65. The van der Waals surface area contributed by atoms with Crippen molar-refractivity contribution in [1.29, 1.82) is 0 Å². The molecule has 3 aromatic rings. The van der Waals surface area contributed by atoms with Gasteiger partial charge in [0.05, 0.1) is 0 Å². The summed E-state index contributed by atoms with van der Waals surface area (Å²) in [6.07, 6.45) is 0.705. The number of fused-ring (bicyclic) bond motifs is 1. The third-order valence-electron chi connectivity index (χ3n) is 3.28. The fraction of sp³-hybridized carbons (Fsp3) is 0.188. The van der Waals surface area contributed by atoms with Crippen molar-refractivity contribution in [2.24, 2.45) is 0 Å². The molecular weight excluding hydrogens is 316 g/mol. The molecule has 0 saturated heterocycles. The van der Waals surface area contributed by atoms with Crippen LogP contribution in [0.1, 0.15) is 17.0 Å². The van der Waals surface area contributed by atoms with Gasteiger partial charge >= 0.3 is 0 Å². The van der Waals surface area contributed by atoms with E-state index in [0.29, 0.717) is 6.42 Å². The second-order valence-corrected chi connectivity index (χ2v) is 5.72. The van der Waals surface area contributed by atoms with Gasteiger partial charge in [0.15, 0.2) is 11.5 Å². The molecule has 4 heteroatoms. The van der Waals surface area contributed by atoms with E-state index in [4.69, 9.17) is 4.42 Å². The Morgan fingerprint density at radius 3 is 2.65 bits per heavy atom. The molecule has 0 aliphatic rings. The molecule has 3 nitrogen and oxygen atoms in total. The Morgan fingerprint density at radius 1 is 1.20 bits per heavy atom. The first-order valence-electron chi connectivity index (χ1n) is 6.48. The lowest BCUT2D eigenvalue weighted by atomic mass is 10.1. The second-order valence-electron chi connectivity index (χ2n) is 4.80. The molecule has 0 saturated carbocycles. The van der Waals surface area contributed by atoms with Crippen molar-refractivity contribution >= 4 is 32.7 Å². The Balaban J connectivity index is 1.96. The molecule has 0 atom stereocenters. The number of aromatic nitrogens is 1. The van der Waals surface area contributed by atoms with Crippen LogP contribution in [0.5, 0.6) is 0 Å². The lowest BCUT2D eigenvalue weighted by Crippen LogP contribution is -1.88. The summed E-state index contributed by atoms with van der Waals surface area (Å²) in [5.41, 5.74) is 5.11. The number of halogens is 1. The highest BCUT2D eigenvalue weighted by molar-refractivity contribution is 9.10. The van der Waals surface area contributed by atoms with Crippen LogP contribution >= 0.6 is 15.9 Å². The van der Waals surface area contributed by atoms with E-state index in [2.05, 4.69) is 44.4 Å². The van der Waals surface area contributed by atoms with E-state index >= 15 is 0 Å². The molecule has 2 aromatic carbocycles. The monoisotopic (exact) mass is 330 g/mol. The number of oxazole rings is 1. The average Bonchev–Trinajstić information content (AvgIpc) is 2.84. The fourth-order valence-corrected chi connectivity index (χ4v) is 2.51. The van der Waals surface area contributed by atoms with Gasteiger partial charge in [-0.3, -0.25) is 0 Å². The molecule has 20 heavy (non-hydrogen) atoms. The molecule has 0 spiro atoms. The highest BCUT2D eigenvalue weighted by Gasteiger charge is 2.10. The van der Waals surface area contributed by atoms with E-state index < -0.39 is 0 Å². The SMILES string of the molecule is CNc1cc(C)c2oc(Cc3ccc(Br)cc3)nc2c1. The molecule has 1 heterocycles. The lowest BCUT2D eigenvalue weighted by molar-refractivity contribution is 0.542. The normalized spacial score (nSPS) is 10.9. The Hall–Kier alpha value is -1.81. The number of hydrogen-bond acceptors (Lipinski definition) is 3. The van der Waals surface area contributed by atoms with Crippen LogP contribution in [0, 0.1) is 6.92 Å². The van der Waals surface area contributed by atoms with Gasteiger partial charge in [0.2, 0.25) is 0 Å². The smallest absolute Gasteiger partial charge is 0.199 e. The Labute approximate surface area is 126 Å². The summed E-state index contributed by atoms with van der Waals surface area (Å²) >= 11 is 3.44. The molecule has 0 radical (unpaired) electrons. The summed E-state index contributed by atoms with van der Waals surface area (Å²) in [5, 5.41) is 3.14. The van der Waals surface area contributed by atoms with Gasteiger partial charge in [-0.2, -0.15) is 0 Å². The summed E-state index contributed by atoms with van der Waals surface area (Å²) in [7, 11) is 1.91. The van der Waals surface area contributed by atoms with Crippen LogP contribution in [0.3, 0.4) is 0 Å². The van der Waals surface area contributed by atoms with Crippen molar-refractivity contribution < 1.29 is 4.42 Å². The average molecular weight is 331 g/mol. The standard InChI is InChI=1S/C16H15BrN2O/c1-10-7-13(18-2)9-14-16(10)20-15(19-14)8-11-3-5-12(17)6-4-11/h3-7,9,18H,8H2,1-2H3. The minimum Gasteiger partial charge on any atom is -0.440 e. The molecule has 1 aromatic heterocycles. The molecule has 0 fully saturated rings. The zero-order valence-electron chi connectivity index (χ0n) is 11.4. The van der Waals surface area contributed by atoms with Gasteiger partial charge in [-0.25, -0.2) is 4.98 Å². The zero-order valence-corrected chi connectivity index (χ0v) is 13.0. The summed E-state index contributed by atoms with van der Waals surface area (Å²) in [6.45, 7) is 2.04. The number of nitrogens with one attached hydrogen (secondary N) is 1. The van der Waals surface area contributed by atoms with Gasteiger partial charge in [-0.05, 0) is 42.3 Å². The maximum atomic E-state index is 5.88. The van der Waals surface area contributed by atoms with Crippen molar-refractivity contribution in [3.05, 3.63) is 57.9 Å². The quantitative estimate of drug-likeness (QED) is 0.766. The number of benzene rings is 2. The minimum atomic E-state index is 0.705. The van der Waals surface area contributed by atoms with Crippen molar-refractivity contribution in [2.45, 2.75) is 13.3 Å². The lowest BCUT2D eigenvalue weighted by Gasteiger charge is -2.00. The van der Waals surface area contributed by atoms with Crippen molar-refractivity contribution in [3.8, 4) is 0 Å². The largest absolute Gasteiger partial charge is 0.440 e. The molecule has 0 bridgehead atoms. The molecule has 0 unspecified atom stereocenters. The van der Waals surface area contributed by atoms with E-state index in [1.807, 2.05) is 32.2 Å². The summed E-state index contributed by atoms with van der Waals surface area (Å²) in [5.74, 6) is 0.749. The third-order valence-corrected chi connectivity index (χ3v) is 3.81.